The van der Waals surface area contributed by atoms with E-state index < -0.39 is 0 Å². The highest BCUT2D eigenvalue weighted by Gasteiger charge is 2.23. The second-order valence-electron chi connectivity index (χ2n) is 6.04. The Hall–Kier alpha value is -1.51. The molecule has 0 aliphatic carbocycles. The van der Waals surface area contributed by atoms with Gasteiger partial charge in [0.25, 0.3) is 0 Å². The van der Waals surface area contributed by atoms with Gasteiger partial charge in [-0.05, 0) is 48.6 Å². The molecular formula is C18H21ClN2. The van der Waals surface area contributed by atoms with Gasteiger partial charge in [0, 0.05) is 29.0 Å². The summed E-state index contributed by atoms with van der Waals surface area (Å²) in [5, 5.41) is 0.748. The van der Waals surface area contributed by atoms with Crippen LogP contribution in [0.3, 0.4) is 0 Å². The molecule has 0 saturated carbocycles. The summed E-state index contributed by atoms with van der Waals surface area (Å²) in [6.07, 6.45) is 1.14. The first-order chi connectivity index (χ1) is 10.1. The zero-order chi connectivity index (χ0) is 15.0. The van der Waals surface area contributed by atoms with Crippen LogP contribution in [0.4, 0.5) is 11.4 Å². The Morgan fingerprint density at radius 3 is 2.71 bits per heavy atom. The van der Waals surface area contributed by atoms with Crippen molar-refractivity contribution < 1.29 is 0 Å². The summed E-state index contributed by atoms with van der Waals surface area (Å²) >= 11 is 6.40. The zero-order valence-corrected chi connectivity index (χ0v) is 13.3. The Bertz CT molecular complexity index is 651. The summed E-state index contributed by atoms with van der Waals surface area (Å²) in [4.78, 5) is 2.36. The molecule has 0 radical (unpaired) electrons. The summed E-state index contributed by atoms with van der Waals surface area (Å²) in [6.45, 7) is 5.27. The van der Waals surface area contributed by atoms with Crippen LogP contribution in [0.5, 0.6) is 0 Å². The van der Waals surface area contributed by atoms with Crippen molar-refractivity contribution in [2.75, 3.05) is 11.4 Å². The Balaban J connectivity index is 2.03. The van der Waals surface area contributed by atoms with Gasteiger partial charge in [0.15, 0.2) is 0 Å². The Labute approximate surface area is 131 Å². The molecule has 3 heteroatoms. The Kier molecular flexibility index (Phi) is 3.92. The van der Waals surface area contributed by atoms with E-state index in [2.05, 4.69) is 42.2 Å². The first-order valence-corrected chi connectivity index (χ1v) is 7.84. The molecule has 0 spiro atoms. The van der Waals surface area contributed by atoms with Crippen LogP contribution in [-0.2, 0) is 6.42 Å². The minimum absolute atomic E-state index is 0.0425. The topological polar surface area (TPSA) is 29.3 Å². The Morgan fingerprint density at radius 2 is 2.00 bits per heavy atom. The van der Waals surface area contributed by atoms with Crippen LogP contribution in [0, 0.1) is 5.92 Å². The van der Waals surface area contributed by atoms with Gasteiger partial charge in [-0.3, -0.25) is 0 Å². The molecule has 0 bridgehead atoms. The lowest BCUT2D eigenvalue weighted by Gasteiger charge is -2.35. The van der Waals surface area contributed by atoms with Crippen LogP contribution in [0.25, 0.3) is 0 Å². The molecule has 0 aromatic heterocycles. The van der Waals surface area contributed by atoms with E-state index in [1.54, 1.807) is 0 Å². The summed E-state index contributed by atoms with van der Waals surface area (Å²) in [5.41, 5.74) is 10.8. The highest BCUT2D eigenvalue weighted by atomic mass is 35.5. The molecule has 2 atom stereocenters. The fraction of sp³-hybridized carbons (Fsp3) is 0.333. The van der Waals surface area contributed by atoms with Crippen molar-refractivity contribution >= 4 is 23.0 Å². The van der Waals surface area contributed by atoms with Crippen molar-refractivity contribution in [1.82, 2.24) is 0 Å². The average Bonchev–Trinajstić information content (AvgIpc) is 2.45. The van der Waals surface area contributed by atoms with Gasteiger partial charge in [-0.15, -0.1) is 0 Å². The average molecular weight is 301 g/mol. The van der Waals surface area contributed by atoms with Gasteiger partial charge >= 0.3 is 0 Å². The van der Waals surface area contributed by atoms with Crippen LogP contribution in [-0.4, -0.2) is 6.54 Å². The molecule has 3 rings (SSSR count). The minimum Gasteiger partial charge on any atom is -0.341 e. The molecule has 0 fully saturated rings. The van der Waals surface area contributed by atoms with Gasteiger partial charge in [0.2, 0.25) is 0 Å². The van der Waals surface area contributed by atoms with E-state index >= 15 is 0 Å². The molecule has 2 nitrogen and oxygen atoms in total. The van der Waals surface area contributed by atoms with Gasteiger partial charge in [-0.2, -0.15) is 0 Å². The third kappa shape index (κ3) is 2.78. The molecule has 110 valence electrons. The quantitative estimate of drug-likeness (QED) is 0.872. The van der Waals surface area contributed by atoms with Crippen LogP contribution in [0.15, 0.2) is 42.5 Å². The maximum atomic E-state index is 6.40. The fourth-order valence-electron chi connectivity index (χ4n) is 3.09. The Morgan fingerprint density at radius 1 is 1.24 bits per heavy atom. The molecule has 2 aromatic carbocycles. The van der Waals surface area contributed by atoms with Crippen molar-refractivity contribution in [3.05, 3.63) is 58.6 Å². The molecule has 1 aliphatic heterocycles. The summed E-state index contributed by atoms with van der Waals surface area (Å²) in [7, 11) is 0. The number of anilines is 2. The second kappa shape index (κ2) is 5.70. The summed E-state index contributed by atoms with van der Waals surface area (Å²) in [5.74, 6) is 0.631. The first kappa shape index (κ1) is 14.4. The number of para-hydroxylation sites is 1. The van der Waals surface area contributed by atoms with Gasteiger partial charge in [0.1, 0.15) is 0 Å². The van der Waals surface area contributed by atoms with Gasteiger partial charge in [0.05, 0.1) is 0 Å². The molecule has 0 amide bonds. The second-order valence-corrected chi connectivity index (χ2v) is 6.45. The molecule has 2 N–H and O–H groups in total. The normalized spacial score (nSPS) is 19.2. The van der Waals surface area contributed by atoms with Gasteiger partial charge in [-0.25, -0.2) is 0 Å². The molecule has 2 unspecified atom stereocenters. The monoisotopic (exact) mass is 300 g/mol. The number of halogens is 1. The van der Waals surface area contributed by atoms with E-state index in [-0.39, 0.29) is 6.04 Å². The molecule has 1 heterocycles. The van der Waals surface area contributed by atoms with Crippen molar-refractivity contribution in [2.45, 2.75) is 26.3 Å². The molecular weight excluding hydrogens is 280 g/mol. The summed E-state index contributed by atoms with van der Waals surface area (Å²) < 4.78 is 0. The number of hydrogen-bond acceptors (Lipinski definition) is 2. The first-order valence-electron chi connectivity index (χ1n) is 7.46. The van der Waals surface area contributed by atoms with E-state index in [1.165, 1.54) is 11.3 Å². The smallest absolute Gasteiger partial charge is 0.0474 e. The SMILES string of the molecule is CC1Cc2ccccc2N(c2ccc(C(C)N)c(Cl)c2)C1. The number of fused-ring (bicyclic) bond motifs is 1. The number of nitrogens with two attached hydrogens (primary N) is 1. The predicted octanol–water partition coefficient (Wildman–Crippen LogP) is 4.69. The van der Waals surface area contributed by atoms with Crippen LogP contribution < -0.4 is 10.6 Å². The highest BCUT2D eigenvalue weighted by Crippen LogP contribution is 2.37. The number of nitrogens with zero attached hydrogens (tertiary/aromatic N) is 1. The zero-order valence-electron chi connectivity index (χ0n) is 12.5. The van der Waals surface area contributed by atoms with Crippen molar-refractivity contribution in [3.8, 4) is 0 Å². The number of benzene rings is 2. The van der Waals surface area contributed by atoms with Crippen molar-refractivity contribution in [1.29, 1.82) is 0 Å². The van der Waals surface area contributed by atoms with Crippen molar-refractivity contribution in [3.63, 3.8) is 0 Å². The maximum absolute atomic E-state index is 6.40. The predicted molar refractivity (Wildman–Crippen MR) is 90.4 cm³/mol. The highest BCUT2D eigenvalue weighted by molar-refractivity contribution is 6.31. The molecule has 2 aromatic rings. The van der Waals surface area contributed by atoms with Gasteiger partial charge in [-0.1, -0.05) is 42.8 Å². The van der Waals surface area contributed by atoms with Crippen LogP contribution in [0.1, 0.15) is 31.0 Å². The minimum atomic E-state index is -0.0425. The lowest BCUT2D eigenvalue weighted by molar-refractivity contribution is 0.562. The molecule has 0 saturated heterocycles. The van der Waals surface area contributed by atoms with E-state index in [0.717, 1.165) is 29.2 Å². The lowest BCUT2D eigenvalue weighted by atomic mass is 9.93. The fourth-order valence-corrected chi connectivity index (χ4v) is 3.44. The van der Waals surface area contributed by atoms with E-state index in [0.29, 0.717) is 5.92 Å². The lowest BCUT2D eigenvalue weighted by Crippen LogP contribution is -2.30. The number of hydrogen-bond donors (Lipinski definition) is 1. The summed E-state index contributed by atoms with van der Waals surface area (Å²) in [6, 6.07) is 14.8. The van der Waals surface area contributed by atoms with E-state index in [9.17, 15) is 0 Å². The largest absolute Gasteiger partial charge is 0.341 e. The van der Waals surface area contributed by atoms with E-state index in [4.69, 9.17) is 17.3 Å². The van der Waals surface area contributed by atoms with Crippen molar-refractivity contribution in [2.24, 2.45) is 11.7 Å². The molecule has 21 heavy (non-hydrogen) atoms. The third-order valence-corrected chi connectivity index (χ3v) is 4.46. The van der Waals surface area contributed by atoms with Gasteiger partial charge < -0.3 is 10.6 Å². The van der Waals surface area contributed by atoms with Crippen LogP contribution >= 0.6 is 11.6 Å². The standard InChI is InChI=1S/C18H21ClN2/c1-12-9-14-5-3-4-6-18(14)21(11-12)15-7-8-16(13(2)20)17(19)10-15/h3-8,10,12-13H,9,11,20H2,1-2H3. The number of rotatable bonds is 2. The third-order valence-electron chi connectivity index (χ3n) is 4.13. The molecule has 1 aliphatic rings. The van der Waals surface area contributed by atoms with Crippen LogP contribution in [0.2, 0.25) is 5.02 Å². The van der Waals surface area contributed by atoms with E-state index in [1.807, 2.05) is 19.1 Å². The maximum Gasteiger partial charge on any atom is 0.0474 e.